The van der Waals surface area contributed by atoms with Gasteiger partial charge in [0, 0.05) is 35.8 Å². The monoisotopic (exact) mass is 438 g/mol. The van der Waals surface area contributed by atoms with Crippen LogP contribution < -0.4 is 5.32 Å². The first kappa shape index (κ1) is 21.8. The van der Waals surface area contributed by atoms with E-state index in [2.05, 4.69) is 5.32 Å². The maximum Gasteiger partial charge on any atom is 0.251 e. The molecule has 1 amide bonds. The second kappa shape index (κ2) is 9.71. The summed E-state index contributed by atoms with van der Waals surface area (Å²) < 4.78 is 46.0. The molecule has 0 spiro atoms. The van der Waals surface area contributed by atoms with Crippen LogP contribution in [0.4, 0.5) is 4.39 Å². The number of nitrogens with one attached hydrogen (secondary N) is 1. The molecule has 3 rings (SSSR count). The summed E-state index contributed by atoms with van der Waals surface area (Å²) in [5.41, 5.74) is 1.29. The standard InChI is InChI=1S/C20H23FN2O4S2/c1-15-2-5-17(6-3-15)28-13-8-22-20(24)16-4-7-18(21)19(14-16)29(25,26)23-9-11-27-12-10-23/h2-7,14H,8-13H2,1H3,(H,22,24). The van der Waals surface area contributed by atoms with Crippen molar-refractivity contribution >= 4 is 27.7 Å². The number of ether oxygens (including phenoxy) is 1. The molecule has 0 radical (unpaired) electrons. The highest BCUT2D eigenvalue weighted by Crippen LogP contribution is 2.22. The number of halogens is 1. The summed E-state index contributed by atoms with van der Waals surface area (Å²) >= 11 is 1.61. The van der Waals surface area contributed by atoms with E-state index >= 15 is 0 Å². The first-order chi connectivity index (χ1) is 13.9. The van der Waals surface area contributed by atoms with Crippen LogP contribution in [0.3, 0.4) is 0 Å². The molecule has 0 saturated carbocycles. The number of nitrogens with zero attached hydrogens (tertiary/aromatic N) is 1. The highest BCUT2D eigenvalue weighted by molar-refractivity contribution is 7.99. The largest absolute Gasteiger partial charge is 0.379 e. The molecule has 1 heterocycles. The zero-order valence-corrected chi connectivity index (χ0v) is 17.7. The number of thioether (sulfide) groups is 1. The molecule has 1 saturated heterocycles. The van der Waals surface area contributed by atoms with Crippen LogP contribution >= 0.6 is 11.8 Å². The third kappa shape index (κ3) is 5.57. The second-order valence-electron chi connectivity index (χ2n) is 6.58. The number of carbonyl (C=O) groups excluding carboxylic acids is 1. The third-order valence-electron chi connectivity index (χ3n) is 4.46. The first-order valence-corrected chi connectivity index (χ1v) is 11.7. The van der Waals surface area contributed by atoms with Crippen LogP contribution in [-0.4, -0.2) is 57.2 Å². The zero-order chi connectivity index (χ0) is 20.9. The molecule has 1 aliphatic rings. The van der Waals surface area contributed by atoms with E-state index in [0.29, 0.717) is 12.3 Å². The smallest absolute Gasteiger partial charge is 0.251 e. The Kier molecular flexibility index (Phi) is 7.28. The molecule has 0 aliphatic carbocycles. The van der Waals surface area contributed by atoms with Crippen molar-refractivity contribution in [2.24, 2.45) is 0 Å². The van der Waals surface area contributed by atoms with Crippen LogP contribution in [0, 0.1) is 12.7 Å². The lowest BCUT2D eigenvalue weighted by Gasteiger charge is -2.26. The zero-order valence-electron chi connectivity index (χ0n) is 16.1. The van der Waals surface area contributed by atoms with Gasteiger partial charge in [-0.1, -0.05) is 17.7 Å². The molecule has 156 valence electrons. The maximum atomic E-state index is 14.2. The van der Waals surface area contributed by atoms with Crippen LogP contribution in [-0.2, 0) is 14.8 Å². The molecule has 9 heteroatoms. The molecule has 6 nitrogen and oxygen atoms in total. The maximum absolute atomic E-state index is 14.2. The molecule has 0 atom stereocenters. The van der Waals surface area contributed by atoms with Gasteiger partial charge in [0.2, 0.25) is 10.0 Å². The fourth-order valence-electron chi connectivity index (χ4n) is 2.84. The number of benzene rings is 2. The van der Waals surface area contributed by atoms with Crippen molar-refractivity contribution in [2.75, 3.05) is 38.6 Å². The van der Waals surface area contributed by atoms with Crippen molar-refractivity contribution in [1.29, 1.82) is 0 Å². The van der Waals surface area contributed by atoms with Crippen molar-refractivity contribution in [3.63, 3.8) is 0 Å². The number of hydrogen-bond acceptors (Lipinski definition) is 5. The number of aryl methyl sites for hydroxylation is 1. The van der Waals surface area contributed by atoms with Gasteiger partial charge in [-0.15, -0.1) is 11.8 Å². The average Bonchev–Trinajstić information content (AvgIpc) is 2.73. The Balaban J connectivity index is 1.62. The summed E-state index contributed by atoms with van der Waals surface area (Å²) in [6.07, 6.45) is 0. The molecular weight excluding hydrogens is 415 g/mol. The van der Waals surface area contributed by atoms with Crippen molar-refractivity contribution in [3.05, 3.63) is 59.4 Å². The Morgan fingerprint density at radius 1 is 1.17 bits per heavy atom. The molecule has 2 aromatic rings. The number of sulfonamides is 1. The van der Waals surface area contributed by atoms with E-state index in [4.69, 9.17) is 4.74 Å². The summed E-state index contributed by atoms with van der Waals surface area (Å²) in [6, 6.07) is 11.5. The van der Waals surface area contributed by atoms with E-state index in [1.807, 2.05) is 31.2 Å². The van der Waals surface area contributed by atoms with Crippen LogP contribution in [0.5, 0.6) is 0 Å². The van der Waals surface area contributed by atoms with Gasteiger partial charge in [-0.2, -0.15) is 4.31 Å². The highest BCUT2D eigenvalue weighted by Gasteiger charge is 2.29. The van der Waals surface area contributed by atoms with Gasteiger partial charge in [0.25, 0.3) is 5.91 Å². The van der Waals surface area contributed by atoms with Crippen molar-refractivity contribution in [1.82, 2.24) is 9.62 Å². The Hall–Kier alpha value is -1.94. The normalized spacial score (nSPS) is 15.2. The number of morpholine rings is 1. The van der Waals surface area contributed by atoms with Crippen LogP contribution in [0.25, 0.3) is 0 Å². The molecule has 1 fully saturated rings. The molecule has 0 unspecified atom stereocenters. The minimum Gasteiger partial charge on any atom is -0.379 e. The van der Waals surface area contributed by atoms with Crippen LogP contribution in [0.1, 0.15) is 15.9 Å². The van der Waals surface area contributed by atoms with Gasteiger partial charge in [0.1, 0.15) is 10.7 Å². The van der Waals surface area contributed by atoms with Crippen LogP contribution in [0.2, 0.25) is 0 Å². The number of rotatable bonds is 7. The Morgan fingerprint density at radius 2 is 1.86 bits per heavy atom. The minimum absolute atomic E-state index is 0.110. The van der Waals surface area contributed by atoms with Gasteiger partial charge in [-0.05, 0) is 37.3 Å². The van der Waals surface area contributed by atoms with Crippen molar-refractivity contribution < 1.29 is 22.3 Å². The van der Waals surface area contributed by atoms with Crippen LogP contribution in [0.15, 0.2) is 52.3 Å². The van der Waals surface area contributed by atoms with E-state index in [9.17, 15) is 17.6 Å². The van der Waals surface area contributed by atoms with Gasteiger partial charge in [0.05, 0.1) is 13.2 Å². The third-order valence-corrected chi connectivity index (χ3v) is 7.39. The summed E-state index contributed by atoms with van der Waals surface area (Å²) in [5, 5.41) is 2.75. The summed E-state index contributed by atoms with van der Waals surface area (Å²) in [4.78, 5) is 13.0. The Labute approximate surface area is 174 Å². The lowest BCUT2D eigenvalue weighted by Crippen LogP contribution is -2.41. The molecule has 0 aromatic heterocycles. The fourth-order valence-corrected chi connectivity index (χ4v) is 5.11. The van der Waals surface area contributed by atoms with Gasteiger partial charge < -0.3 is 10.1 Å². The van der Waals surface area contributed by atoms with E-state index in [-0.39, 0.29) is 31.9 Å². The second-order valence-corrected chi connectivity index (χ2v) is 9.65. The minimum atomic E-state index is -4.02. The SMILES string of the molecule is Cc1ccc(SCCNC(=O)c2ccc(F)c(S(=O)(=O)N3CCOCC3)c2)cc1. The van der Waals surface area contributed by atoms with E-state index in [1.165, 1.54) is 15.9 Å². The van der Waals surface area contributed by atoms with Gasteiger partial charge in [0.15, 0.2) is 0 Å². The molecular formula is C20H23FN2O4S2. The summed E-state index contributed by atoms with van der Waals surface area (Å²) in [7, 11) is -4.02. The Morgan fingerprint density at radius 3 is 2.55 bits per heavy atom. The first-order valence-electron chi connectivity index (χ1n) is 9.23. The van der Waals surface area contributed by atoms with E-state index in [0.717, 1.165) is 17.0 Å². The topological polar surface area (TPSA) is 75.7 Å². The number of carbonyl (C=O) groups is 1. The Bertz CT molecular complexity index is 959. The molecule has 2 aromatic carbocycles. The highest BCUT2D eigenvalue weighted by atomic mass is 32.2. The van der Waals surface area contributed by atoms with Gasteiger partial charge in [-0.25, -0.2) is 12.8 Å². The van der Waals surface area contributed by atoms with E-state index < -0.39 is 26.6 Å². The average molecular weight is 439 g/mol. The molecule has 29 heavy (non-hydrogen) atoms. The quantitative estimate of drug-likeness (QED) is 0.531. The van der Waals surface area contributed by atoms with Gasteiger partial charge in [-0.3, -0.25) is 4.79 Å². The summed E-state index contributed by atoms with van der Waals surface area (Å²) in [6.45, 7) is 3.27. The summed E-state index contributed by atoms with van der Waals surface area (Å²) in [5.74, 6) is -0.648. The number of hydrogen-bond donors (Lipinski definition) is 1. The lowest BCUT2D eigenvalue weighted by atomic mass is 10.2. The predicted octanol–water partition coefficient (Wildman–Crippen LogP) is 2.68. The molecule has 0 bridgehead atoms. The van der Waals surface area contributed by atoms with E-state index in [1.54, 1.807) is 11.8 Å². The molecule has 1 N–H and O–H groups in total. The molecule has 1 aliphatic heterocycles. The number of amides is 1. The van der Waals surface area contributed by atoms with Crippen molar-refractivity contribution in [3.8, 4) is 0 Å². The lowest BCUT2D eigenvalue weighted by molar-refractivity contribution is 0.0729. The fraction of sp³-hybridized carbons (Fsp3) is 0.350. The van der Waals surface area contributed by atoms with Gasteiger partial charge >= 0.3 is 0 Å². The van der Waals surface area contributed by atoms with Crippen molar-refractivity contribution in [2.45, 2.75) is 16.7 Å². The predicted molar refractivity (Wildman–Crippen MR) is 110 cm³/mol.